The van der Waals surface area contributed by atoms with Gasteiger partial charge in [0.15, 0.2) is 0 Å². The van der Waals surface area contributed by atoms with Gasteiger partial charge < -0.3 is 5.32 Å². The zero-order valence-corrected chi connectivity index (χ0v) is 10.9. The van der Waals surface area contributed by atoms with E-state index in [2.05, 4.69) is 12.2 Å². The fourth-order valence-electron chi connectivity index (χ4n) is 2.81. The van der Waals surface area contributed by atoms with Crippen molar-refractivity contribution in [2.24, 2.45) is 0 Å². The molecule has 0 spiro atoms. The molecule has 0 saturated heterocycles. The molecule has 1 aromatic rings. The van der Waals surface area contributed by atoms with Crippen molar-refractivity contribution in [3.05, 3.63) is 34.6 Å². The van der Waals surface area contributed by atoms with E-state index in [9.17, 15) is 4.39 Å². The average Bonchev–Trinajstić information content (AvgIpc) is 2.34. The summed E-state index contributed by atoms with van der Waals surface area (Å²) in [6.45, 7) is 3.06. The van der Waals surface area contributed by atoms with Crippen LogP contribution in [0.3, 0.4) is 0 Å². The van der Waals surface area contributed by atoms with E-state index in [0.29, 0.717) is 17.0 Å². The first kappa shape index (κ1) is 12.8. The van der Waals surface area contributed by atoms with Crippen molar-refractivity contribution in [2.45, 2.75) is 44.6 Å². The molecule has 2 rings (SSSR count). The largest absolute Gasteiger partial charge is 0.314 e. The SMILES string of the molecule is CCNC1CCCCC1c1cc(F)ccc1Cl. The molecule has 0 aromatic heterocycles. The molecular formula is C14H19ClFN. The lowest BCUT2D eigenvalue weighted by Gasteiger charge is -2.33. The highest BCUT2D eigenvalue weighted by molar-refractivity contribution is 6.31. The number of halogens is 2. The second-order valence-electron chi connectivity index (χ2n) is 4.72. The van der Waals surface area contributed by atoms with E-state index in [1.54, 1.807) is 12.1 Å². The van der Waals surface area contributed by atoms with Crippen LogP contribution in [0.1, 0.15) is 44.1 Å². The van der Waals surface area contributed by atoms with Crippen LogP contribution in [0, 0.1) is 5.82 Å². The van der Waals surface area contributed by atoms with Crippen LogP contribution in [-0.4, -0.2) is 12.6 Å². The average molecular weight is 256 g/mol. The lowest BCUT2D eigenvalue weighted by molar-refractivity contribution is 0.332. The summed E-state index contributed by atoms with van der Waals surface area (Å²) in [5, 5.41) is 4.19. The van der Waals surface area contributed by atoms with Crippen LogP contribution in [-0.2, 0) is 0 Å². The highest BCUT2D eigenvalue weighted by atomic mass is 35.5. The summed E-state index contributed by atoms with van der Waals surface area (Å²) in [7, 11) is 0. The monoisotopic (exact) mass is 255 g/mol. The summed E-state index contributed by atoms with van der Waals surface area (Å²) in [4.78, 5) is 0. The minimum Gasteiger partial charge on any atom is -0.314 e. The van der Waals surface area contributed by atoms with Crippen LogP contribution in [0.4, 0.5) is 4.39 Å². The van der Waals surface area contributed by atoms with E-state index >= 15 is 0 Å². The molecule has 2 unspecified atom stereocenters. The molecule has 1 fully saturated rings. The second kappa shape index (κ2) is 5.83. The highest BCUT2D eigenvalue weighted by Crippen LogP contribution is 2.36. The molecule has 1 nitrogen and oxygen atoms in total. The van der Waals surface area contributed by atoms with Gasteiger partial charge in [-0.1, -0.05) is 31.4 Å². The summed E-state index contributed by atoms with van der Waals surface area (Å²) in [5.74, 6) is 0.164. The fraction of sp³-hybridized carbons (Fsp3) is 0.571. The first-order valence-electron chi connectivity index (χ1n) is 6.40. The van der Waals surface area contributed by atoms with Crippen molar-refractivity contribution in [3.8, 4) is 0 Å². The Morgan fingerprint density at radius 2 is 2.12 bits per heavy atom. The van der Waals surface area contributed by atoms with Crippen molar-refractivity contribution in [2.75, 3.05) is 6.54 Å². The van der Waals surface area contributed by atoms with E-state index in [1.807, 2.05) is 0 Å². The Balaban J connectivity index is 2.25. The van der Waals surface area contributed by atoms with Gasteiger partial charge in [-0.3, -0.25) is 0 Å². The Labute approximate surface area is 107 Å². The highest BCUT2D eigenvalue weighted by Gasteiger charge is 2.27. The molecule has 1 aliphatic rings. The minimum absolute atomic E-state index is 0.190. The third kappa shape index (κ3) is 2.99. The van der Waals surface area contributed by atoms with Crippen molar-refractivity contribution in [1.29, 1.82) is 0 Å². The molecule has 0 bridgehead atoms. The third-order valence-electron chi connectivity index (χ3n) is 3.59. The van der Waals surface area contributed by atoms with Gasteiger partial charge in [-0.25, -0.2) is 4.39 Å². The van der Waals surface area contributed by atoms with Gasteiger partial charge in [-0.15, -0.1) is 0 Å². The van der Waals surface area contributed by atoms with E-state index in [4.69, 9.17) is 11.6 Å². The van der Waals surface area contributed by atoms with Crippen LogP contribution in [0.15, 0.2) is 18.2 Å². The minimum atomic E-state index is -0.190. The number of nitrogens with one attached hydrogen (secondary N) is 1. The van der Waals surface area contributed by atoms with Gasteiger partial charge in [-0.2, -0.15) is 0 Å². The molecule has 0 amide bonds. The number of benzene rings is 1. The van der Waals surface area contributed by atoms with Gasteiger partial charge in [-0.05, 0) is 43.1 Å². The first-order valence-corrected chi connectivity index (χ1v) is 6.78. The van der Waals surface area contributed by atoms with Crippen molar-refractivity contribution in [1.82, 2.24) is 5.32 Å². The first-order chi connectivity index (χ1) is 8.22. The van der Waals surface area contributed by atoms with Crippen molar-refractivity contribution in [3.63, 3.8) is 0 Å². The van der Waals surface area contributed by atoms with Gasteiger partial charge in [0.1, 0.15) is 5.82 Å². The Morgan fingerprint density at radius 1 is 1.35 bits per heavy atom. The zero-order chi connectivity index (χ0) is 12.3. The maximum Gasteiger partial charge on any atom is 0.123 e. The van der Waals surface area contributed by atoms with Crippen LogP contribution in [0.2, 0.25) is 5.02 Å². The van der Waals surface area contributed by atoms with Gasteiger partial charge >= 0.3 is 0 Å². The smallest absolute Gasteiger partial charge is 0.123 e. The van der Waals surface area contributed by atoms with Gasteiger partial charge in [0.05, 0.1) is 0 Å². The van der Waals surface area contributed by atoms with Crippen molar-refractivity contribution < 1.29 is 4.39 Å². The Morgan fingerprint density at radius 3 is 2.88 bits per heavy atom. The zero-order valence-electron chi connectivity index (χ0n) is 10.2. The molecule has 2 atom stereocenters. The molecule has 0 heterocycles. The number of hydrogen-bond donors (Lipinski definition) is 1. The lowest BCUT2D eigenvalue weighted by atomic mass is 9.80. The number of hydrogen-bond acceptors (Lipinski definition) is 1. The maximum atomic E-state index is 13.3. The van der Waals surface area contributed by atoms with Crippen molar-refractivity contribution >= 4 is 11.6 Å². The van der Waals surface area contributed by atoms with E-state index in [0.717, 1.165) is 24.9 Å². The predicted octanol–water partition coefficient (Wildman–Crippen LogP) is 4.11. The maximum absolute atomic E-state index is 13.3. The molecule has 1 aromatic carbocycles. The molecule has 1 N–H and O–H groups in total. The number of likely N-dealkylation sites (N-methyl/N-ethyl adjacent to an activating group) is 1. The van der Waals surface area contributed by atoms with Crippen LogP contribution in [0.25, 0.3) is 0 Å². The summed E-state index contributed by atoms with van der Waals surface area (Å²) in [6, 6.07) is 5.14. The van der Waals surface area contributed by atoms with Crippen LogP contribution in [0.5, 0.6) is 0 Å². The summed E-state index contributed by atoms with van der Waals surface area (Å²) >= 11 is 6.20. The second-order valence-corrected chi connectivity index (χ2v) is 5.13. The molecule has 1 aliphatic carbocycles. The number of rotatable bonds is 3. The van der Waals surface area contributed by atoms with Gasteiger partial charge in [0.25, 0.3) is 0 Å². The molecule has 1 saturated carbocycles. The molecule has 0 radical (unpaired) electrons. The quantitative estimate of drug-likeness (QED) is 0.857. The van der Waals surface area contributed by atoms with Crippen LogP contribution >= 0.6 is 11.6 Å². The molecule has 3 heteroatoms. The Bertz CT molecular complexity index is 378. The normalized spacial score (nSPS) is 24.9. The van der Waals surface area contributed by atoms with Gasteiger partial charge in [0, 0.05) is 17.0 Å². The van der Waals surface area contributed by atoms with E-state index < -0.39 is 0 Å². The summed E-state index contributed by atoms with van der Waals surface area (Å²) in [5.41, 5.74) is 0.970. The van der Waals surface area contributed by atoms with E-state index in [1.165, 1.54) is 18.9 Å². The standard InChI is InChI=1S/C14H19ClFN/c1-2-17-14-6-4-3-5-11(14)12-9-10(16)7-8-13(12)15/h7-9,11,14,17H,2-6H2,1H3. The molecule has 94 valence electrons. The molecular weight excluding hydrogens is 237 g/mol. The fourth-order valence-corrected chi connectivity index (χ4v) is 3.07. The predicted molar refractivity (Wildman–Crippen MR) is 70.1 cm³/mol. The third-order valence-corrected chi connectivity index (χ3v) is 3.93. The lowest BCUT2D eigenvalue weighted by Crippen LogP contribution is -2.37. The van der Waals surface area contributed by atoms with Crippen LogP contribution < -0.4 is 5.32 Å². The molecule has 17 heavy (non-hydrogen) atoms. The van der Waals surface area contributed by atoms with Gasteiger partial charge in [0.2, 0.25) is 0 Å². The molecule has 0 aliphatic heterocycles. The summed E-state index contributed by atoms with van der Waals surface area (Å²) < 4.78 is 13.3. The Hall–Kier alpha value is -0.600. The topological polar surface area (TPSA) is 12.0 Å². The Kier molecular flexibility index (Phi) is 4.41. The summed E-state index contributed by atoms with van der Waals surface area (Å²) in [6.07, 6.45) is 4.71. The van der Waals surface area contributed by atoms with E-state index in [-0.39, 0.29) is 5.82 Å².